The minimum absolute atomic E-state index is 0.205. The fourth-order valence-corrected chi connectivity index (χ4v) is 3.55. The van der Waals surface area contributed by atoms with Crippen molar-refractivity contribution in [3.63, 3.8) is 0 Å². The zero-order valence-electron chi connectivity index (χ0n) is 14.2. The van der Waals surface area contributed by atoms with Crippen LogP contribution in [0.1, 0.15) is 11.9 Å². The number of carbonyl (C=O) groups is 1. The van der Waals surface area contributed by atoms with Gasteiger partial charge < -0.3 is 14.8 Å². The van der Waals surface area contributed by atoms with Gasteiger partial charge in [-0.25, -0.2) is 4.98 Å². The van der Waals surface area contributed by atoms with E-state index in [1.165, 1.54) is 11.3 Å². The van der Waals surface area contributed by atoms with Crippen LogP contribution in [-0.2, 0) is 11.3 Å². The molecule has 2 atom stereocenters. The molecule has 0 fully saturated rings. The molecule has 0 saturated carbocycles. The van der Waals surface area contributed by atoms with Gasteiger partial charge in [0.1, 0.15) is 11.1 Å². The van der Waals surface area contributed by atoms with Crippen molar-refractivity contribution in [1.29, 1.82) is 0 Å². The maximum Gasteiger partial charge on any atom is 0.265 e. The summed E-state index contributed by atoms with van der Waals surface area (Å²) >= 11 is 1.52. The van der Waals surface area contributed by atoms with Gasteiger partial charge in [-0.1, -0.05) is 42.5 Å². The molecule has 0 saturated heterocycles. The van der Waals surface area contributed by atoms with Crippen molar-refractivity contribution >= 4 is 17.2 Å². The number of para-hydroxylation sites is 2. The Morgan fingerprint density at radius 3 is 2.54 bits per heavy atom. The fourth-order valence-electron chi connectivity index (χ4n) is 2.80. The van der Waals surface area contributed by atoms with E-state index >= 15 is 0 Å². The molecule has 1 amide bonds. The third-order valence-electron chi connectivity index (χ3n) is 4.14. The molecule has 2 aromatic carbocycles. The van der Waals surface area contributed by atoms with Crippen molar-refractivity contribution in [2.75, 3.05) is 0 Å². The maximum absolute atomic E-state index is 12.5. The lowest BCUT2D eigenvalue weighted by Gasteiger charge is -2.30. The summed E-state index contributed by atoms with van der Waals surface area (Å²) in [5.74, 6) is 1.05. The van der Waals surface area contributed by atoms with E-state index in [2.05, 4.69) is 10.3 Å². The van der Waals surface area contributed by atoms with Crippen LogP contribution < -0.4 is 14.8 Å². The lowest BCUT2D eigenvalue weighted by atomic mass is 10.1. The third-order valence-corrected chi connectivity index (χ3v) is 4.98. The molecular weight excluding hydrogens is 348 g/mol. The highest BCUT2D eigenvalue weighted by Crippen LogP contribution is 2.33. The highest BCUT2D eigenvalue weighted by Gasteiger charge is 2.33. The van der Waals surface area contributed by atoms with Crippen LogP contribution in [0.25, 0.3) is 11.3 Å². The van der Waals surface area contributed by atoms with Gasteiger partial charge >= 0.3 is 0 Å². The van der Waals surface area contributed by atoms with E-state index in [1.807, 2.05) is 60.8 Å². The van der Waals surface area contributed by atoms with Gasteiger partial charge in [-0.05, 0) is 19.1 Å². The molecule has 2 heterocycles. The van der Waals surface area contributed by atoms with Gasteiger partial charge in [0.25, 0.3) is 5.91 Å². The topological polar surface area (TPSA) is 60.5 Å². The summed E-state index contributed by atoms with van der Waals surface area (Å²) in [6, 6.07) is 17.3. The van der Waals surface area contributed by atoms with E-state index in [0.29, 0.717) is 18.0 Å². The fraction of sp³-hybridized carbons (Fsp3) is 0.200. The highest BCUT2D eigenvalue weighted by molar-refractivity contribution is 7.09. The largest absolute Gasteiger partial charge is 0.482 e. The van der Waals surface area contributed by atoms with Gasteiger partial charge in [0.05, 0.1) is 12.2 Å². The first-order valence-corrected chi connectivity index (χ1v) is 9.28. The van der Waals surface area contributed by atoms with Crippen molar-refractivity contribution < 1.29 is 14.3 Å². The number of hydrogen-bond donors (Lipinski definition) is 1. The summed E-state index contributed by atoms with van der Waals surface area (Å²) in [5.41, 5.74) is 1.98. The Morgan fingerprint density at radius 1 is 1.08 bits per heavy atom. The van der Waals surface area contributed by atoms with Crippen LogP contribution in [-0.4, -0.2) is 23.1 Å². The van der Waals surface area contributed by atoms with Crippen LogP contribution in [0.5, 0.6) is 11.5 Å². The lowest BCUT2D eigenvalue weighted by molar-refractivity contribution is -0.133. The molecule has 26 heavy (non-hydrogen) atoms. The van der Waals surface area contributed by atoms with Gasteiger partial charge in [0.15, 0.2) is 11.5 Å². The lowest BCUT2D eigenvalue weighted by Crippen LogP contribution is -2.48. The SMILES string of the molecule is CC1Oc2ccccc2OC1C(=O)NCc1nc(-c2ccccc2)cs1. The van der Waals surface area contributed by atoms with E-state index in [1.54, 1.807) is 6.07 Å². The summed E-state index contributed by atoms with van der Waals surface area (Å²) in [6.07, 6.45) is -1.04. The van der Waals surface area contributed by atoms with Gasteiger partial charge in [-0.2, -0.15) is 0 Å². The molecule has 1 aromatic heterocycles. The minimum Gasteiger partial charge on any atom is -0.482 e. The number of benzene rings is 2. The number of carbonyl (C=O) groups excluding carboxylic acids is 1. The Bertz CT molecular complexity index is 910. The first kappa shape index (κ1) is 16.6. The van der Waals surface area contributed by atoms with Gasteiger partial charge in [0.2, 0.25) is 6.10 Å². The Hall–Kier alpha value is -2.86. The smallest absolute Gasteiger partial charge is 0.265 e. The Morgan fingerprint density at radius 2 is 1.77 bits per heavy atom. The molecule has 0 radical (unpaired) electrons. The molecule has 5 nitrogen and oxygen atoms in total. The number of ether oxygens (including phenoxy) is 2. The standard InChI is InChI=1S/C20H18N2O3S/c1-13-19(25-17-10-6-5-9-16(17)24-13)20(23)21-11-18-22-15(12-26-18)14-7-3-2-4-8-14/h2-10,12-13,19H,11H2,1H3,(H,21,23). The molecule has 6 heteroatoms. The highest BCUT2D eigenvalue weighted by atomic mass is 32.1. The van der Waals surface area contributed by atoms with Crippen LogP contribution in [0.4, 0.5) is 0 Å². The number of thiazole rings is 1. The van der Waals surface area contributed by atoms with E-state index in [0.717, 1.165) is 16.3 Å². The van der Waals surface area contributed by atoms with E-state index in [4.69, 9.17) is 9.47 Å². The molecule has 0 bridgehead atoms. The zero-order valence-corrected chi connectivity index (χ0v) is 15.0. The molecule has 1 aliphatic heterocycles. The van der Waals surface area contributed by atoms with Crippen molar-refractivity contribution in [3.8, 4) is 22.8 Å². The molecular formula is C20H18N2O3S. The number of nitrogens with one attached hydrogen (secondary N) is 1. The van der Waals surface area contributed by atoms with E-state index < -0.39 is 6.10 Å². The number of rotatable bonds is 4. The van der Waals surface area contributed by atoms with E-state index in [-0.39, 0.29) is 12.0 Å². The van der Waals surface area contributed by atoms with Crippen LogP contribution in [0.15, 0.2) is 60.0 Å². The minimum atomic E-state index is -0.682. The molecule has 0 aliphatic carbocycles. The average molecular weight is 366 g/mol. The second kappa shape index (κ2) is 7.17. The van der Waals surface area contributed by atoms with Crippen LogP contribution in [0.2, 0.25) is 0 Å². The molecule has 132 valence electrons. The summed E-state index contributed by atoms with van der Waals surface area (Å²) in [4.78, 5) is 17.1. The third kappa shape index (κ3) is 3.41. The number of hydrogen-bond acceptors (Lipinski definition) is 5. The Balaban J connectivity index is 1.39. The summed E-state index contributed by atoms with van der Waals surface area (Å²) in [7, 11) is 0. The average Bonchev–Trinajstić information content (AvgIpc) is 3.15. The van der Waals surface area contributed by atoms with Gasteiger partial charge in [0, 0.05) is 10.9 Å². The van der Waals surface area contributed by atoms with E-state index in [9.17, 15) is 4.79 Å². The predicted octanol–water partition coefficient (Wildman–Crippen LogP) is 3.65. The normalized spacial score (nSPS) is 18.3. The van der Waals surface area contributed by atoms with Crippen molar-refractivity contribution in [2.45, 2.75) is 25.7 Å². The molecule has 1 N–H and O–H groups in total. The second-order valence-corrected chi connectivity index (χ2v) is 6.96. The maximum atomic E-state index is 12.5. The van der Waals surface area contributed by atoms with Crippen LogP contribution >= 0.6 is 11.3 Å². The van der Waals surface area contributed by atoms with Crippen molar-refractivity contribution in [2.24, 2.45) is 0 Å². The summed E-state index contributed by atoms with van der Waals surface area (Å²) in [6.45, 7) is 2.20. The summed E-state index contributed by atoms with van der Waals surface area (Å²) in [5, 5.41) is 5.74. The number of fused-ring (bicyclic) bond motifs is 1. The van der Waals surface area contributed by atoms with Gasteiger partial charge in [-0.3, -0.25) is 4.79 Å². The number of amides is 1. The first-order valence-electron chi connectivity index (χ1n) is 8.40. The molecule has 0 spiro atoms. The quantitative estimate of drug-likeness (QED) is 0.766. The van der Waals surface area contributed by atoms with Crippen molar-refractivity contribution in [1.82, 2.24) is 10.3 Å². The van der Waals surface area contributed by atoms with Crippen LogP contribution in [0, 0.1) is 0 Å². The van der Waals surface area contributed by atoms with Crippen molar-refractivity contribution in [3.05, 3.63) is 65.0 Å². The Labute approximate surface area is 155 Å². The van der Waals surface area contributed by atoms with Gasteiger partial charge in [-0.15, -0.1) is 11.3 Å². The monoisotopic (exact) mass is 366 g/mol. The van der Waals surface area contributed by atoms with Crippen LogP contribution in [0.3, 0.4) is 0 Å². The molecule has 4 rings (SSSR count). The summed E-state index contributed by atoms with van der Waals surface area (Å²) < 4.78 is 11.6. The number of aromatic nitrogens is 1. The molecule has 3 aromatic rings. The first-order chi connectivity index (χ1) is 12.7. The molecule has 2 unspecified atom stereocenters. The second-order valence-electron chi connectivity index (χ2n) is 6.02. The Kier molecular flexibility index (Phi) is 4.58. The molecule has 1 aliphatic rings. The predicted molar refractivity (Wildman–Crippen MR) is 100 cm³/mol. The number of nitrogens with zero attached hydrogens (tertiary/aromatic N) is 1. The zero-order chi connectivity index (χ0) is 17.9.